The number of pyridine rings is 1. The number of ether oxygens (including phenoxy) is 1. The van der Waals surface area contributed by atoms with Crippen LogP contribution in [0, 0.1) is 29.9 Å². The van der Waals surface area contributed by atoms with E-state index < -0.39 is 29.4 Å². The molecule has 5 aromatic rings. The van der Waals surface area contributed by atoms with Crippen LogP contribution in [0.5, 0.6) is 5.88 Å². The summed E-state index contributed by atoms with van der Waals surface area (Å²) in [6.45, 7) is 8.64. The van der Waals surface area contributed by atoms with Gasteiger partial charge in [0.05, 0.1) is 41.0 Å². The minimum absolute atomic E-state index is 0.0473. The van der Waals surface area contributed by atoms with Crippen molar-refractivity contribution in [2.75, 3.05) is 44.6 Å². The van der Waals surface area contributed by atoms with E-state index in [1.54, 1.807) is 23.0 Å². The molecule has 0 radical (unpaired) electrons. The molecule has 0 unspecified atom stereocenters. The van der Waals surface area contributed by atoms with Gasteiger partial charge in [-0.15, -0.1) is 0 Å². The predicted octanol–water partition coefficient (Wildman–Crippen LogP) is 5.78. The van der Waals surface area contributed by atoms with Crippen molar-refractivity contribution in [2.24, 2.45) is 18.4 Å². The number of rotatable bonds is 5. The number of likely N-dealkylation sites (tertiary alicyclic amines) is 2. The van der Waals surface area contributed by atoms with Gasteiger partial charge in [0, 0.05) is 75.1 Å². The van der Waals surface area contributed by atoms with E-state index >= 15 is 8.78 Å². The average Bonchev–Trinajstić information content (AvgIpc) is 3.75. The highest BCUT2D eigenvalue weighted by atomic mass is 19.1. The Morgan fingerprint density at radius 2 is 1.75 bits per heavy atom. The Morgan fingerprint density at radius 3 is 2.51 bits per heavy atom. The summed E-state index contributed by atoms with van der Waals surface area (Å²) in [4.78, 5) is 65.4. The molecular weight excluding hydrogens is 785 g/mol. The Hall–Kier alpha value is -6.03. The Balaban J connectivity index is 0.850. The van der Waals surface area contributed by atoms with Crippen LogP contribution < -0.4 is 15.4 Å². The molecule has 2 atom stereocenters. The van der Waals surface area contributed by atoms with E-state index in [0.29, 0.717) is 90.2 Å². The zero-order valence-corrected chi connectivity index (χ0v) is 34.6. The van der Waals surface area contributed by atoms with Crippen LogP contribution in [0.3, 0.4) is 0 Å². The molecule has 3 fully saturated rings. The number of imidazole rings is 1. The molecule has 0 aliphatic carbocycles. The third kappa shape index (κ3) is 8.00. The maximum absolute atomic E-state index is 15.1. The first-order valence-electron chi connectivity index (χ1n) is 21.1. The van der Waals surface area contributed by atoms with Crippen LogP contribution in [0.2, 0.25) is 0 Å². The van der Waals surface area contributed by atoms with Crippen molar-refractivity contribution in [3.05, 3.63) is 88.2 Å². The molecule has 4 aliphatic rings. The van der Waals surface area contributed by atoms with E-state index in [1.807, 2.05) is 41.6 Å². The summed E-state index contributed by atoms with van der Waals surface area (Å²) in [5.74, 6) is -2.80. The van der Waals surface area contributed by atoms with Crippen LogP contribution in [0.25, 0.3) is 22.3 Å². The molecule has 7 heterocycles. The van der Waals surface area contributed by atoms with Crippen molar-refractivity contribution in [1.82, 2.24) is 39.4 Å². The summed E-state index contributed by atoms with van der Waals surface area (Å²) in [6, 6.07) is 11.6. The number of benzene rings is 2. The number of nitrogens with zero attached hydrogens (tertiary/aromatic N) is 7. The van der Waals surface area contributed by atoms with Gasteiger partial charge in [-0.3, -0.25) is 34.8 Å². The summed E-state index contributed by atoms with van der Waals surface area (Å²) in [7, 11) is 1.82. The number of piperidine rings is 2. The van der Waals surface area contributed by atoms with Gasteiger partial charge in [-0.1, -0.05) is 6.92 Å². The van der Waals surface area contributed by atoms with Crippen LogP contribution in [-0.4, -0.2) is 97.1 Å². The van der Waals surface area contributed by atoms with Crippen LogP contribution in [0.1, 0.15) is 88.9 Å². The van der Waals surface area contributed by atoms with Gasteiger partial charge in [-0.05, 0) is 105 Å². The number of nitrogens with one attached hydrogen (secondary N) is 2. The molecule has 2 N–H and O–H groups in total. The number of hydrogen-bond acceptors (Lipinski definition) is 9. The molecule has 61 heavy (non-hydrogen) atoms. The Morgan fingerprint density at radius 1 is 0.984 bits per heavy atom. The average molecular weight is 834 g/mol. The highest BCUT2D eigenvalue weighted by Gasteiger charge is 2.45. The van der Waals surface area contributed by atoms with Crippen molar-refractivity contribution < 1.29 is 32.7 Å². The monoisotopic (exact) mass is 833 g/mol. The smallest absolute Gasteiger partial charge is 0.258 e. The number of aryl methyl sites for hydroxylation is 2. The summed E-state index contributed by atoms with van der Waals surface area (Å²) in [5, 5.41) is 9.62. The zero-order valence-electron chi connectivity index (χ0n) is 34.6. The second-order valence-corrected chi connectivity index (χ2v) is 17.4. The maximum Gasteiger partial charge on any atom is 0.258 e. The molecule has 4 aliphatic heterocycles. The van der Waals surface area contributed by atoms with Crippen LogP contribution in [0.15, 0.2) is 48.7 Å². The van der Waals surface area contributed by atoms with Crippen LogP contribution in [0.4, 0.5) is 14.7 Å². The normalized spacial score (nSPS) is 20.8. The van der Waals surface area contributed by atoms with E-state index in [0.717, 1.165) is 44.3 Å². The van der Waals surface area contributed by atoms with Crippen molar-refractivity contribution in [2.45, 2.75) is 71.3 Å². The molecule has 4 amide bonds. The zero-order chi connectivity index (χ0) is 42.6. The lowest BCUT2D eigenvalue weighted by atomic mass is 9.72. The standard InChI is InChI=1S/C45H49F2N9O5/c1-26-5-4-16-61-43-32(22-48-53(43)3)36-20-30(17-27(2)49-36)40(58)52-44-50-35-8-6-29(21-37(35)56(44)23-26)42(60)55-14-11-45(12-15-55)24-54(25-45)13-10-28-18-33(46)39(34(47)19-28)31-7-9-38(57)51-41(31)59/h6,8,17-22,26,31H,4-5,7,9-16,23-25H2,1-3H3,(H,50,52,58)(H,51,57,59)/t26-,31-/m1/s1. The van der Waals surface area contributed by atoms with Gasteiger partial charge in [-0.25, -0.2) is 18.4 Å². The number of anilines is 1. The SMILES string of the molecule is Cc1cc2cc(n1)-c1cnn(C)c1OCCC[C@@H](C)Cn1c(nc3ccc(C(=O)N4CCC5(CC4)CN(CCc4cc(F)c([C@H]6CCC(=O)NC6=O)c(F)c4)C5)cc31)NC2=O. The van der Waals surface area contributed by atoms with Crippen LogP contribution in [-0.2, 0) is 29.6 Å². The Labute approximate surface area is 351 Å². The van der Waals surface area contributed by atoms with Gasteiger partial charge in [0.2, 0.25) is 23.6 Å². The fourth-order valence-electron chi connectivity index (χ4n) is 9.54. The predicted molar refractivity (Wildman–Crippen MR) is 222 cm³/mol. The van der Waals surface area contributed by atoms with Crippen molar-refractivity contribution in [1.29, 1.82) is 0 Å². The maximum atomic E-state index is 15.1. The van der Waals surface area contributed by atoms with E-state index in [9.17, 15) is 19.2 Å². The molecule has 16 heteroatoms. The number of hydrogen-bond donors (Lipinski definition) is 2. The first-order valence-corrected chi connectivity index (χ1v) is 21.1. The first-order chi connectivity index (χ1) is 29.3. The highest BCUT2D eigenvalue weighted by molar-refractivity contribution is 6.05. The number of fused-ring (bicyclic) bond motifs is 7. The lowest BCUT2D eigenvalue weighted by molar-refractivity contribution is -0.134. The van der Waals surface area contributed by atoms with E-state index in [1.165, 1.54) is 12.1 Å². The van der Waals surface area contributed by atoms with Gasteiger partial charge < -0.3 is 19.1 Å². The van der Waals surface area contributed by atoms with Gasteiger partial charge >= 0.3 is 0 Å². The molecule has 0 saturated carbocycles. The molecule has 2 aromatic carbocycles. The van der Waals surface area contributed by atoms with Crippen molar-refractivity contribution in [3.8, 4) is 17.1 Å². The first kappa shape index (κ1) is 40.4. The van der Waals surface area contributed by atoms with Gasteiger partial charge in [0.25, 0.3) is 11.8 Å². The number of amides is 4. The second kappa shape index (κ2) is 16.1. The summed E-state index contributed by atoms with van der Waals surface area (Å²) < 4.78 is 40.1. The molecule has 3 aromatic heterocycles. The summed E-state index contributed by atoms with van der Waals surface area (Å²) in [6.07, 6.45) is 5.66. The topological polar surface area (TPSA) is 157 Å². The van der Waals surface area contributed by atoms with Crippen molar-refractivity contribution >= 4 is 40.6 Å². The van der Waals surface area contributed by atoms with E-state index in [-0.39, 0.29) is 41.6 Å². The minimum Gasteiger partial charge on any atom is -0.477 e. The lowest BCUT2D eigenvalue weighted by Gasteiger charge is -2.54. The molecule has 14 nitrogen and oxygen atoms in total. The number of aromatic nitrogens is 5. The Kier molecular flexibility index (Phi) is 10.7. The molecule has 9 rings (SSSR count). The van der Waals surface area contributed by atoms with Gasteiger partial charge in [-0.2, -0.15) is 5.10 Å². The van der Waals surface area contributed by atoms with Gasteiger partial charge in [0.1, 0.15) is 11.6 Å². The fourth-order valence-corrected chi connectivity index (χ4v) is 9.54. The fraction of sp³-hybridized carbons (Fsp3) is 0.444. The summed E-state index contributed by atoms with van der Waals surface area (Å²) in [5.41, 5.74) is 4.75. The van der Waals surface area contributed by atoms with Crippen LogP contribution >= 0.6 is 0 Å². The second-order valence-electron chi connectivity index (χ2n) is 17.4. The van der Waals surface area contributed by atoms with Gasteiger partial charge in [0.15, 0.2) is 0 Å². The number of halogens is 2. The van der Waals surface area contributed by atoms with E-state index in [2.05, 4.69) is 32.5 Å². The van der Waals surface area contributed by atoms with E-state index in [4.69, 9.17) is 9.72 Å². The number of imide groups is 1. The quantitative estimate of drug-likeness (QED) is 0.210. The van der Waals surface area contributed by atoms with Crippen molar-refractivity contribution in [3.63, 3.8) is 0 Å². The molecule has 318 valence electrons. The number of carbonyl (C=O) groups excluding carboxylic acids is 4. The third-order valence-corrected chi connectivity index (χ3v) is 12.8. The molecule has 2 bridgehead atoms. The lowest BCUT2D eigenvalue weighted by Crippen LogP contribution is -2.61. The largest absolute Gasteiger partial charge is 0.477 e. The molecular formula is C45H49F2N9O5. The minimum atomic E-state index is -1.02. The summed E-state index contributed by atoms with van der Waals surface area (Å²) >= 11 is 0. The Bertz CT molecular complexity index is 2550. The highest BCUT2D eigenvalue weighted by Crippen LogP contribution is 2.41. The third-order valence-electron chi connectivity index (χ3n) is 12.8. The molecule has 1 spiro atoms. The number of carbonyl (C=O) groups is 4. The molecule has 3 saturated heterocycles.